The molecule has 4 atom stereocenters. The first-order valence-corrected chi connectivity index (χ1v) is 18.1. The van der Waals surface area contributed by atoms with Crippen molar-refractivity contribution in [2.45, 2.75) is 82.8 Å². The van der Waals surface area contributed by atoms with E-state index in [4.69, 9.17) is 0 Å². The fourth-order valence-corrected chi connectivity index (χ4v) is 9.35. The number of allylic oxidation sites excluding steroid dienone is 1. The molecule has 3 unspecified atom stereocenters. The second kappa shape index (κ2) is 15.2. The van der Waals surface area contributed by atoms with Gasteiger partial charge in [0.1, 0.15) is 18.3 Å². The van der Waals surface area contributed by atoms with E-state index in [9.17, 15) is 28.8 Å². The van der Waals surface area contributed by atoms with Gasteiger partial charge in [0.25, 0.3) is 5.56 Å². The molecule has 0 spiro atoms. The fourth-order valence-electron chi connectivity index (χ4n) is 9.35. The van der Waals surface area contributed by atoms with Gasteiger partial charge in [0.2, 0.25) is 23.6 Å². The summed E-state index contributed by atoms with van der Waals surface area (Å²) < 4.78 is 5.91. The van der Waals surface area contributed by atoms with Crippen molar-refractivity contribution in [3.8, 4) is 0 Å². The van der Waals surface area contributed by atoms with Crippen molar-refractivity contribution in [1.29, 1.82) is 0 Å². The van der Waals surface area contributed by atoms with Gasteiger partial charge in [-0.2, -0.15) is 0 Å². The van der Waals surface area contributed by atoms with Crippen molar-refractivity contribution in [3.63, 3.8) is 0 Å². The zero-order valence-electron chi connectivity index (χ0n) is 29.7. The van der Waals surface area contributed by atoms with Gasteiger partial charge in [-0.25, -0.2) is 4.79 Å². The van der Waals surface area contributed by atoms with Crippen molar-refractivity contribution in [3.05, 3.63) is 76.2 Å². The number of ether oxygens (including phenoxy) is 1. The second-order valence-corrected chi connectivity index (χ2v) is 15.2. The van der Waals surface area contributed by atoms with E-state index in [-0.39, 0.29) is 65.6 Å². The Kier molecular flexibility index (Phi) is 10.8. The number of aromatic nitrogens is 1. The molecule has 12 heteroatoms. The van der Waals surface area contributed by atoms with Crippen LogP contribution in [0.4, 0.5) is 5.69 Å². The number of pyridine rings is 1. The number of aryl methyl sites for hydroxylation is 1. The number of amides is 4. The van der Waals surface area contributed by atoms with Crippen LogP contribution in [0.1, 0.15) is 62.5 Å². The summed E-state index contributed by atoms with van der Waals surface area (Å²) in [5.74, 6) is -0.791. The van der Waals surface area contributed by atoms with Gasteiger partial charge in [0, 0.05) is 38.3 Å². The third kappa shape index (κ3) is 7.94. The molecule has 4 bridgehead atoms. The quantitative estimate of drug-likeness (QED) is 0.227. The van der Waals surface area contributed by atoms with Gasteiger partial charge in [-0.3, -0.25) is 24.0 Å². The summed E-state index contributed by atoms with van der Waals surface area (Å²) in [6, 6.07) is 10.1. The minimum absolute atomic E-state index is 0.00925. The average Bonchev–Trinajstić information content (AvgIpc) is 3.11. The summed E-state index contributed by atoms with van der Waals surface area (Å²) in [6.07, 6.45) is 11.3. The zero-order chi connectivity index (χ0) is 36.3. The van der Waals surface area contributed by atoms with Crippen LogP contribution < -0.4 is 21.5 Å². The molecule has 51 heavy (non-hydrogen) atoms. The summed E-state index contributed by atoms with van der Waals surface area (Å²) in [4.78, 5) is 80.3. The van der Waals surface area contributed by atoms with E-state index in [0.717, 1.165) is 44.1 Å². The summed E-state index contributed by atoms with van der Waals surface area (Å²) in [7, 11) is 4.90. The third-order valence-corrected chi connectivity index (χ3v) is 11.5. The number of fused-ring (bicyclic) bond motifs is 1. The Balaban J connectivity index is 1.10. The molecule has 3 N–H and O–H groups in total. The van der Waals surface area contributed by atoms with E-state index in [0.29, 0.717) is 25.2 Å². The van der Waals surface area contributed by atoms with E-state index in [2.05, 4.69) is 26.8 Å². The van der Waals surface area contributed by atoms with Crippen LogP contribution in [0.15, 0.2) is 59.5 Å². The monoisotopic (exact) mass is 699 g/mol. The van der Waals surface area contributed by atoms with Gasteiger partial charge in [0.15, 0.2) is 0 Å². The summed E-state index contributed by atoms with van der Waals surface area (Å²) in [5, 5.41) is 8.78. The second-order valence-electron chi connectivity index (χ2n) is 15.2. The molecule has 7 rings (SSSR count). The Morgan fingerprint density at radius 3 is 2.45 bits per heavy atom. The van der Waals surface area contributed by atoms with Crippen molar-refractivity contribution in [1.82, 2.24) is 20.1 Å². The topological polar surface area (TPSA) is 156 Å². The lowest BCUT2D eigenvalue weighted by molar-refractivity contribution is -0.158. The highest BCUT2D eigenvalue weighted by Gasteiger charge is 2.59. The van der Waals surface area contributed by atoms with Crippen molar-refractivity contribution in [2.75, 3.05) is 26.5 Å². The summed E-state index contributed by atoms with van der Waals surface area (Å²) in [5.41, 5.74) is 1.46. The van der Waals surface area contributed by atoms with Crippen LogP contribution in [0.3, 0.4) is 0 Å². The summed E-state index contributed by atoms with van der Waals surface area (Å²) in [6.45, 7) is -0.217. The fraction of sp³-hybridized carbons (Fsp3) is 0.538. The highest BCUT2D eigenvalue weighted by Crippen LogP contribution is 2.60. The molecule has 1 aromatic carbocycles. The maximum atomic E-state index is 13.6. The Labute approximate surface area is 298 Å². The number of hydrogen-bond donors (Lipinski definition) is 3. The van der Waals surface area contributed by atoms with Gasteiger partial charge in [-0.1, -0.05) is 30.3 Å². The number of methoxy groups -OCH3 is 1. The van der Waals surface area contributed by atoms with E-state index < -0.39 is 23.5 Å². The molecule has 5 aliphatic carbocycles. The van der Waals surface area contributed by atoms with Gasteiger partial charge in [-0.15, -0.1) is 0 Å². The van der Waals surface area contributed by atoms with Crippen molar-refractivity contribution < 1.29 is 28.7 Å². The number of hydrogen-bond acceptors (Lipinski definition) is 7. The number of nitrogens with one attached hydrogen (secondary N) is 3. The molecule has 4 amide bonds. The molecule has 272 valence electrons. The molecular formula is C39H49N5O7. The Bertz CT molecular complexity index is 1750. The predicted molar refractivity (Wildman–Crippen MR) is 190 cm³/mol. The maximum Gasteiger partial charge on any atom is 0.330 e. The zero-order valence-corrected chi connectivity index (χ0v) is 29.7. The molecule has 12 nitrogen and oxygen atoms in total. The van der Waals surface area contributed by atoms with Gasteiger partial charge >= 0.3 is 5.97 Å². The highest BCUT2D eigenvalue weighted by molar-refractivity contribution is 5.97. The largest absolute Gasteiger partial charge is 0.466 e. The molecular weight excluding hydrogens is 650 g/mol. The Morgan fingerprint density at radius 1 is 1.02 bits per heavy atom. The van der Waals surface area contributed by atoms with E-state index in [1.807, 2.05) is 32.3 Å². The SMILES string of the molecule is COC(=O)/C=C/CC[C@H](NC(=O)C1CCc2ccccc2C1)C(=O)Nc1cccn(CC(=O)NC2C3CC4CC2CC(C(=O)N(C)C)(C4)C3)c1=O. The summed E-state index contributed by atoms with van der Waals surface area (Å²) >= 11 is 0. The number of nitrogens with zero attached hydrogens (tertiary/aromatic N) is 2. The number of carbonyl (C=O) groups excluding carboxylic acids is 5. The minimum Gasteiger partial charge on any atom is -0.466 e. The lowest BCUT2D eigenvalue weighted by Gasteiger charge is -2.59. The number of anilines is 1. The van der Waals surface area contributed by atoms with Crippen LogP contribution >= 0.6 is 0 Å². The van der Waals surface area contributed by atoms with Crippen molar-refractivity contribution >= 4 is 35.3 Å². The molecule has 0 saturated heterocycles. The Hall–Kier alpha value is -4.74. The lowest BCUT2D eigenvalue weighted by atomic mass is 9.47. The van der Waals surface area contributed by atoms with E-state index in [1.165, 1.54) is 35.6 Å². The van der Waals surface area contributed by atoms with E-state index >= 15 is 0 Å². The minimum atomic E-state index is -0.979. The van der Waals surface area contributed by atoms with Crippen LogP contribution in [0.5, 0.6) is 0 Å². The van der Waals surface area contributed by atoms with Crippen LogP contribution in [0, 0.1) is 29.1 Å². The predicted octanol–water partition coefficient (Wildman–Crippen LogP) is 2.99. The average molecular weight is 700 g/mol. The third-order valence-electron chi connectivity index (χ3n) is 11.5. The van der Waals surface area contributed by atoms with Crippen LogP contribution in [0.25, 0.3) is 0 Å². The first-order valence-electron chi connectivity index (χ1n) is 18.1. The van der Waals surface area contributed by atoms with Gasteiger partial charge < -0.3 is 30.2 Å². The van der Waals surface area contributed by atoms with Crippen molar-refractivity contribution in [2.24, 2.45) is 29.1 Å². The van der Waals surface area contributed by atoms with E-state index in [1.54, 1.807) is 17.0 Å². The van der Waals surface area contributed by atoms with Gasteiger partial charge in [0.05, 0.1) is 12.5 Å². The maximum absolute atomic E-state index is 13.6. The van der Waals surface area contributed by atoms with Crippen LogP contribution in [-0.4, -0.2) is 72.4 Å². The van der Waals surface area contributed by atoms with Crippen LogP contribution in [0.2, 0.25) is 0 Å². The van der Waals surface area contributed by atoms with Crippen LogP contribution in [-0.2, 0) is 48.1 Å². The molecule has 4 saturated carbocycles. The molecule has 1 heterocycles. The number of esters is 1. The molecule has 5 aliphatic rings. The molecule has 0 radical (unpaired) electrons. The smallest absolute Gasteiger partial charge is 0.330 e. The lowest BCUT2D eigenvalue weighted by Crippen LogP contribution is -2.62. The molecule has 4 fully saturated rings. The molecule has 1 aromatic heterocycles. The molecule has 2 aromatic rings. The first kappa shape index (κ1) is 36.1. The highest BCUT2D eigenvalue weighted by atomic mass is 16.5. The Morgan fingerprint density at radius 2 is 1.75 bits per heavy atom. The standard InChI is InChI=1S/C39H49N5O7/c1-43(2)38(50)39-20-24-17-28(21-39)34(29(18-24)22-39)42-32(45)23-44-16-8-12-31(37(44)49)41-36(48)30(11-6-7-13-33(46)51-3)40-35(47)27-15-14-25-9-4-5-10-26(25)19-27/h4-5,7-10,12-13,16,24,27-30,34H,6,11,14-15,17-23H2,1-3H3,(H,40,47)(H,41,48)(H,42,45)/b13-7+/t24?,27?,28?,29?,30-,34?,39?/m0/s1. The molecule has 0 aliphatic heterocycles. The number of rotatable bonds is 12. The number of carbonyl (C=O) groups is 5. The van der Waals surface area contributed by atoms with Gasteiger partial charge in [-0.05, 0) is 105 Å². The first-order chi connectivity index (χ1) is 24.5. The normalized spacial score (nSPS) is 26.5. The number of benzene rings is 1.